The summed E-state index contributed by atoms with van der Waals surface area (Å²) in [6, 6.07) is 3.03. The standard InChI is InChI=1S/C27H26FN3O6/c1-3-27(36)17-6-20-24-15(9-31(20)25(34)16(17)11-37-26(27)35)22-13(8-29-21(33)10-32)4-5-14-12(2)18(28)7-19(30-24)23(14)22/h6-7,13,32,36H,3-5,8-11H2,1-2H3,(H,29,33)/t13-,27+/m1/s1. The highest BCUT2D eigenvalue weighted by Gasteiger charge is 2.45. The van der Waals surface area contributed by atoms with Gasteiger partial charge >= 0.3 is 5.97 Å². The lowest BCUT2D eigenvalue weighted by Crippen LogP contribution is -2.44. The average molecular weight is 508 g/mol. The van der Waals surface area contributed by atoms with E-state index >= 15 is 0 Å². The van der Waals surface area contributed by atoms with E-state index in [1.165, 1.54) is 6.07 Å². The van der Waals surface area contributed by atoms with Crippen molar-refractivity contribution in [3.63, 3.8) is 0 Å². The van der Waals surface area contributed by atoms with Crippen molar-refractivity contribution in [1.82, 2.24) is 14.9 Å². The lowest BCUT2D eigenvalue weighted by atomic mass is 9.78. The summed E-state index contributed by atoms with van der Waals surface area (Å²) in [6.07, 6.45) is 1.29. The van der Waals surface area contributed by atoms with E-state index in [1.54, 1.807) is 24.5 Å². The molecule has 1 aliphatic carbocycles. The van der Waals surface area contributed by atoms with Gasteiger partial charge in [0.15, 0.2) is 5.60 Å². The van der Waals surface area contributed by atoms with Gasteiger partial charge in [-0.25, -0.2) is 14.2 Å². The molecular formula is C27H26FN3O6. The lowest BCUT2D eigenvalue weighted by molar-refractivity contribution is -0.172. The number of aliphatic hydroxyl groups excluding tert-OH is 1. The molecule has 0 bridgehead atoms. The van der Waals surface area contributed by atoms with Crippen molar-refractivity contribution in [1.29, 1.82) is 0 Å². The van der Waals surface area contributed by atoms with Crippen molar-refractivity contribution in [2.45, 2.75) is 57.8 Å². The molecular weight excluding hydrogens is 481 g/mol. The summed E-state index contributed by atoms with van der Waals surface area (Å²) in [5.41, 5.74) is 2.66. The monoisotopic (exact) mass is 507 g/mol. The number of rotatable bonds is 4. The van der Waals surface area contributed by atoms with Gasteiger partial charge in [0, 0.05) is 35.0 Å². The van der Waals surface area contributed by atoms with Gasteiger partial charge in [0.05, 0.1) is 29.0 Å². The number of hydrogen-bond acceptors (Lipinski definition) is 7. The second kappa shape index (κ2) is 8.19. The van der Waals surface area contributed by atoms with Crippen molar-refractivity contribution in [2.75, 3.05) is 13.2 Å². The van der Waals surface area contributed by atoms with Gasteiger partial charge in [0.2, 0.25) is 5.91 Å². The maximum atomic E-state index is 14.9. The number of pyridine rings is 2. The first-order valence-electron chi connectivity index (χ1n) is 12.4. The molecule has 3 aromatic rings. The second-order valence-corrected chi connectivity index (χ2v) is 10.0. The minimum Gasteiger partial charge on any atom is -0.458 e. The van der Waals surface area contributed by atoms with Gasteiger partial charge in [0.25, 0.3) is 5.56 Å². The zero-order chi connectivity index (χ0) is 26.2. The van der Waals surface area contributed by atoms with E-state index in [4.69, 9.17) is 9.72 Å². The molecule has 0 saturated heterocycles. The topological polar surface area (TPSA) is 131 Å². The number of halogens is 1. The summed E-state index contributed by atoms with van der Waals surface area (Å²) in [4.78, 5) is 42.7. The third-order valence-electron chi connectivity index (χ3n) is 8.19. The highest BCUT2D eigenvalue weighted by Crippen LogP contribution is 2.46. The number of aromatic nitrogens is 2. The van der Waals surface area contributed by atoms with Gasteiger partial charge in [-0.15, -0.1) is 0 Å². The van der Waals surface area contributed by atoms with E-state index in [0.29, 0.717) is 35.3 Å². The Bertz CT molecular complexity index is 1600. The number of carbonyl (C=O) groups excluding carboxylic acids is 2. The van der Waals surface area contributed by atoms with Crippen molar-refractivity contribution in [3.8, 4) is 11.4 Å². The SMILES string of the molecule is CC[C@@]1(O)C(=O)OCc2c1cc1n(c2=O)Cc2c-1nc1cc(F)c(C)c3c1c2[C@@H](CNC(=O)CO)CC3. The molecule has 9 nitrogen and oxygen atoms in total. The largest absolute Gasteiger partial charge is 0.458 e. The van der Waals surface area contributed by atoms with E-state index in [-0.39, 0.29) is 54.5 Å². The van der Waals surface area contributed by atoms with Crippen LogP contribution in [0.4, 0.5) is 4.39 Å². The van der Waals surface area contributed by atoms with Gasteiger partial charge in [-0.2, -0.15) is 0 Å². The summed E-state index contributed by atoms with van der Waals surface area (Å²) in [5.74, 6) is -1.78. The number of fused-ring (bicyclic) bond motifs is 5. The third kappa shape index (κ3) is 3.21. The molecule has 1 amide bonds. The van der Waals surface area contributed by atoms with E-state index in [9.17, 15) is 29.0 Å². The van der Waals surface area contributed by atoms with Crippen molar-refractivity contribution < 1.29 is 28.9 Å². The number of nitrogens with one attached hydrogen (secondary N) is 1. The zero-order valence-electron chi connectivity index (χ0n) is 20.5. The molecule has 0 radical (unpaired) electrons. The maximum Gasteiger partial charge on any atom is 0.343 e. The molecule has 0 unspecified atom stereocenters. The van der Waals surface area contributed by atoms with E-state index in [2.05, 4.69) is 5.32 Å². The van der Waals surface area contributed by atoms with Crippen LogP contribution in [0.2, 0.25) is 0 Å². The fraction of sp³-hybridized carbons (Fsp3) is 0.407. The number of amides is 1. The van der Waals surface area contributed by atoms with E-state index in [0.717, 1.165) is 22.1 Å². The Balaban J connectivity index is 1.62. The molecule has 4 heterocycles. The molecule has 6 rings (SSSR count). The number of esters is 1. The Kier molecular flexibility index (Phi) is 5.26. The first-order valence-corrected chi connectivity index (χ1v) is 12.4. The first-order chi connectivity index (χ1) is 17.7. The minimum atomic E-state index is -1.94. The van der Waals surface area contributed by atoms with Crippen LogP contribution in [-0.2, 0) is 39.5 Å². The first kappa shape index (κ1) is 23.7. The second-order valence-electron chi connectivity index (χ2n) is 10.0. The van der Waals surface area contributed by atoms with Crippen LogP contribution in [0.15, 0.2) is 16.9 Å². The fourth-order valence-corrected chi connectivity index (χ4v) is 6.15. The summed E-state index contributed by atoms with van der Waals surface area (Å²) in [6.45, 7) is 3.03. The number of aryl methyl sites for hydroxylation is 1. The van der Waals surface area contributed by atoms with Gasteiger partial charge in [-0.3, -0.25) is 9.59 Å². The molecule has 0 fully saturated rings. The fourth-order valence-electron chi connectivity index (χ4n) is 6.15. The van der Waals surface area contributed by atoms with Crippen LogP contribution in [0.3, 0.4) is 0 Å². The summed E-state index contributed by atoms with van der Waals surface area (Å²) >= 11 is 0. The Morgan fingerprint density at radius 1 is 1.30 bits per heavy atom. The Morgan fingerprint density at radius 3 is 2.81 bits per heavy atom. The number of hydrogen-bond donors (Lipinski definition) is 3. The number of cyclic esters (lactones) is 1. The molecule has 0 spiro atoms. The molecule has 1 aromatic carbocycles. The molecule has 10 heteroatoms. The van der Waals surface area contributed by atoms with Crippen molar-refractivity contribution in [2.24, 2.45) is 0 Å². The van der Waals surface area contributed by atoms with E-state index in [1.807, 2.05) is 0 Å². The molecule has 2 aromatic heterocycles. The summed E-state index contributed by atoms with van der Waals surface area (Å²) in [7, 11) is 0. The molecule has 37 heavy (non-hydrogen) atoms. The Hall–Kier alpha value is -3.63. The summed E-state index contributed by atoms with van der Waals surface area (Å²) < 4.78 is 21.6. The predicted octanol–water partition coefficient (Wildman–Crippen LogP) is 1.67. The van der Waals surface area contributed by atoms with Crippen LogP contribution in [-0.4, -0.2) is 44.8 Å². The molecule has 2 aliphatic heterocycles. The molecule has 0 saturated carbocycles. The molecule has 2 atom stereocenters. The zero-order valence-corrected chi connectivity index (χ0v) is 20.5. The highest BCUT2D eigenvalue weighted by molar-refractivity contribution is 5.93. The third-order valence-corrected chi connectivity index (χ3v) is 8.19. The molecule has 3 aliphatic rings. The van der Waals surface area contributed by atoms with Crippen molar-refractivity contribution in [3.05, 3.63) is 61.7 Å². The average Bonchev–Trinajstić information content (AvgIpc) is 3.27. The van der Waals surface area contributed by atoms with Crippen LogP contribution in [0.5, 0.6) is 0 Å². The van der Waals surface area contributed by atoms with Crippen LogP contribution >= 0.6 is 0 Å². The van der Waals surface area contributed by atoms with Gasteiger partial charge in [-0.05, 0) is 48.9 Å². The Labute approximate surface area is 210 Å². The molecule has 3 N–H and O–H groups in total. The van der Waals surface area contributed by atoms with Gasteiger partial charge in [0.1, 0.15) is 19.0 Å². The van der Waals surface area contributed by atoms with Crippen LogP contribution in [0.25, 0.3) is 22.3 Å². The van der Waals surface area contributed by atoms with Crippen molar-refractivity contribution >= 4 is 22.8 Å². The highest BCUT2D eigenvalue weighted by atomic mass is 19.1. The molecule has 192 valence electrons. The number of ether oxygens (including phenoxy) is 1. The maximum absolute atomic E-state index is 14.9. The van der Waals surface area contributed by atoms with Crippen LogP contribution in [0.1, 0.15) is 59.1 Å². The number of benzene rings is 1. The summed E-state index contributed by atoms with van der Waals surface area (Å²) in [5, 5.41) is 23.9. The number of carbonyl (C=O) groups is 2. The van der Waals surface area contributed by atoms with E-state index < -0.39 is 24.1 Å². The van der Waals surface area contributed by atoms with Crippen LogP contribution in [0, 0.1) is 12.7 Å². The lowest BCUT2D eigenvalue weighted by Gasteiger charge is -2.31. The van der Waals surface area contributed by atoms with Crippen LogP contribution < -0.4 is 10.9 Å². The number of nitrogens with zero attached hydrogens (tertiary/aromatic N) is 2. The van der Waals surface area contributed by atoms with Gasteiger partial charge in [-0.1, -0.05) is 6.92 Å². The minimum absolute atomic E-state index is 0.0332. The number of aliphatic hydroxyl groups is 2. The Morgan fingerprint density at radius 2 is 2.08 bits per heavy atom. The smallest absolute Gasteiger partial charge is 0.343 e. The van der Waals surface area contributed by atoms with Gasteiger partial charge < -0.3 is 24.8 Å². The normalized spacial score (nSPS) is 21.3. The quantitative estimate of drug-likeness (QED) is 0.358. The predicted molar refractivity (Wildman–Crippen MR) is 130 cm³/mol.